The van der Waals surface area contributed by atoms with Gasteiger partial charge in [0.2, 0.25) is 17.6 Å². The summed E-state index contributed by atoms with van der Waals surface area (Å²) >= 11 is 0. The Balaban J connectivity index is 1.40. The van der Waals surface area contributed by atoms with Gasteiger partial charge in [0, 0.05) is 38.5 Å². The molecule has 0 bridgehead atoms. The summed E-state index contributed by atoms with van der Waals surface area (Å²) in [5.41, 5.74) is 0.286. The zero-order valence-electron chi connectivity index (χ0n) is 15.5. The molecule has 1 saturated heterocycles. The van der Waals surface area contributed by atoms with Gasteiger partial charge in [-0.2, -0.15) is 4.98 Å². The van der Waals surface area contributed by atoms with E-state index in [1.54, 1.807) is 18.2 Å². The molecule has 2 aromatic rings. The third-order valence-electron chi connectivity index (χ3n) is 4.54. The summed E-state index contributed by atoms with van der Waals surface area (Å²) in [5, 5.41) is 6.78. The highest BCUT2D eigenvalue weighted by Crippen LogP contribution is 2.19. The number of ether oxygens (including phenoxy) is 1. The molecule has 3 rings (SSSR count). The topological polar surface area (TPSA) is 80.5 Å². The van der Waals surface area contributed by atoms with E-state index < -0.39 is 5.82 Å². The number of morpholine rings is 1. The zero-order valence-corrected chi connectivity index (χ0v) is 15.5. The van der Waals surface area contributed by atoms with Crippen molar-refractivity contribution >= 4 is 5.91 Å². The maximum Gasteiger partial charge on any atom is 0.227 e. The molecule has 8 heteroatoms. The van der Waals surface area contributed by atoms with Crippen LogP contribution < -0.4 is 5.32 Å². The number of rotatable bonds is 8. The van der Waals surface area contributed by atoms with Crippen LogP contribution in [0.5, 0.6) is 0 Å². The molecule has 1 aromatic heterocycles. The van der Waals surface area contributed by atoms with Gasteiger partial charge in [-0.3, -0.25) is 9.69 Å². The lowest BCUT2D eigenvalue weighted by Gasteiger charge is -2.27. The van der Waals surface area contributed by atoms with Crippen LogP contribution in [0.25, 0.3) is 11.4 Å². The van der Waals surface area contributed by atoms with Crippen molar-refractivity contribution in [1.82, 2.24) is 20.4 Å². The lowest BCUT2D eigenvalue weighted by Crippen LogP contribution is -2.40. The standard InChI is InChI=1S/C19H25FN4O3/c1-14(8-9-24-10-12-26-13-11-24)21-17(25)6-7-18-22-19(23-27-18)15-4-2-3-5-16(15)20/h2-5,14H,6-13H2,1H3,(H,21,25). The van der Waals surface area contributed by atoms with Crippen LogP contribution in [0.2, 0.25) is 0 Å². The second-order valence-electron chi connectivity index (χ2n) is 6.70. The van der Waals surface area contributed by atoms with E-state index in [-0.39, 0.29) is 29.8 Å². The monoisotopic (exact) mass is 376 g/mol. The SMILES string of the molecule is CC(CCN1CCOCC1)NC(=O)CCc1nc(-c2ccccc2F)no1. The van der Waals surface area contributed by atoms with Crippen molar-refractivity contribution in [1.29, 1.82) is 0 Å². The summed E-state index contributed by atoms with van der Waals surface area (Å²) in [6.45, 7) is 6.39. The Kier molecular flexibility index (Phi) is 6.89. The van der Waals surface area contributed by atoms with Crippen molar-refractivity contribution in [2.24, 2.45) is 0 Å². The average Bonchev–Trinajstić information content (AvgIpc) is 3.15. The molecule has 0 aliphatic carbocycles. The summed E-state index contributed by atoms with van der Waals surface area (Å²) in [6, 6.07) is 6.34. The number of hydrogen-bond acceptors (Lipinski definition) is 6. The lowest BCUT2D eigenvalue weighted by molar-refractivity contribution is -0.121. The average molecular weight is 376 g/mol. The van der Waals surface area contributed by atoms with E-state index in [2.05, 4.69) is 20.4 Å². The van der Waals surface area contributed by atoms with E-state index in [1.807, 2.05) is 6.92 Å². The third-order valence-corrected chi connectivity index (χ3v) is 4.54. The van der Waals surface area contributed by atoms with E-state index in [0.717, 1.165) is 39.3 Å². The quantitative estimate of drug-likeness (QED) is 0.759. The van der Waals surface area contributed by atoms with Gasteiger partial charge in [-0.15, -0.1) is 0 Å². The summed E-state index contributed by atoms with van der Waals surface area (Å²) < 4.78 is 24.2. The van der Waals surface area contributed by atoms with Gasteiger partial charge < -0.3 is 14.6 Å². The van der Waals surface area contributed by atoms with Crippen LogP contribution in [0.1, 0.15) is 25.7 Å². The summed E-state index contributed by atoms with van der Waals surface area (Å²) in [7, 11) is 0. The van der Waals surface area contributed by atoms with Gasteiger partial charge in [-0.1, -0.05) is 17.3 Å². The van der Waals surface area contributed by atoms with Gasteiger partial charge in [0.1, 0.15) is 5.82 Å². The van der Waals surface area contributed by atoms with Crippen molar-refractivity contribution in [2.75, 3.05) is 32.8 Å². The van der Waals surface area contributed by atoms with Crippen LogP contribution in [0.15, 0.2) is 28.8 Å². The molecule has 1 aliphatic heterocycles. The van der Waals surface area contributed by atoms with Crippen molar-refractivity contribution in [3.63, 3.8) is 0 Å². The van der Waals surface area contributed by atoms with Crippen LogP contribution in [0.3, 0.4) is 0 Å². The Morgan fingerprint density at radius 2 is 2.11 bits per heavy atom. The highest BCUT2D eigenvalue weighted by Gasteiger charge is 2.15. The predicted octanol–water partition coefficient (Wildman–Crippen LogP) is 2.04. The Hall–Kier alpha value is -2.32. The van der Waals surface area contributed by atoms with E-state index in [4.69, 9.17) is 9.26 Å². The van der Waals surface area contributed by atoms with Crippen molar-refractivity contribution in [3.05, 3.63) is 36.0 Å². The van der Waals surface area contributed by atoms with E-state index in [9.17, 15) is 9.18 Å². The smallest absolute Gasteiger partial charge is 0.227 e. The largest absolute Gasteiger partial charge is 0.379 e. The highest BCUT2D eigenvalue weighted by molar-refractivity contribution is 5.76. The molecule has 0 radical (unpaired) electrons. The second kappa shape index (κ2) is 9.57. The first-order valence-corrected chi connectivity index (χ1v) is 9.29. The predicted molar refractivity (Wildman–Crippen MR) is 97.5 cm³/mol. The fraction of sp³-hybridized carbons (Fsp3) is 0.526. The maximum atomic E-state index is 13.8. The minimum Gasteiger partial charge on any atom is -0.379 e. The number of halogens is 1. The van der Waals surface area contributed by atoms with E-state index in [0.29, 0.717) is 12.3 Å². The highest BCUT2D eigenvalue weighted by atomic mass is 19.1. The number of carbonyl (C=O) groups is 1. The Labute approximate surface area is 157 Å². The molecule has 7 nitrogen and oxygen atoms in total. The van der Waals surface area contributed by atoms with Crippen LogP contribution in [-0.2, 0) is 16.0 Å². The first kappa shape index (κ1) is 19.4. The van der Waals surface area contributed by atoms with Gasteiger partial charge >= 0.3 is 0 Å². The molecule has 1 aromatic carbocycles. The molecular formula is C19H25FN4O3. The Morgan fingerprint density at radius 3 is 2.89 bits per heavy atom. The summed E-state index contributed by atoms with van der Waals surface area (Å²) in [4.78, 5) is 18.6. The van der Waals surface area contributed by atoms with Gasteiger partial charge in [0.05, 0.1) is 18.8 Å². The number of amides is 1. The minimum atomic E-state index is -0.406. The lowest BCUT2D eigenvalue weighted by atomic mass is 10.2. The normalized spacial score (nSPS) is 16.2. The van der Waals surface area contributed by atoms with Gasteiger partial charge in [-0.05, 0) is 25.5 Å². The van der Waals surface area contributed by atoms with Crippen molar-refractivity contribution in [2.45, 2.75) is 32.2 Å². The first-order valence-electron chi connectivity index (χ1n) is 9.29. The number of aryl methyl sites for hydroxylation is 1. The van der Waals surface area contributed by atoms with Crippen LogP contribution in [-0.4, -0.2) is 59.8 Å². The molecule has 1 N–H and O–H groups in total. The van der Waals surface area contributed by atoms with E-state index >= 15 is 0 Å². The van der Waals surface area contributed by atoms with Gasteiger partial charge in [0.15, 0.2) is 0 Å². The molecule has 1 aliphatic rings. The summed E-state index contributed by atoms with van der Waals surface area (Å²) in [5.74, 6) is 0.0542. The number of benzene rings is 1. The number of aromatic nitrogens is 2. The van der Waals surface area contributed by atoms with Crippen LogP contribution in [0.4, 0.5) is 4.39 Å². The number of nitrogens with one attached hydrogen (secondary N) is 1. The molecule has 2 heterocycles. The Bertz CT molecular complexity index is 746. The van der Waals surface area contributed by atoms with Gasteiger partial charge in [0.25, 0.3) is 0 Å². The molecule has 1 unspecified atom stereocenters. The van der Waals surface area contributed by atoms with Crippen molar-refractivity contribution in [3.8, 4) is 11.4 Å². The number of hydrogen-bond donors (Lipinski definition) is 1. The molecular weight excluding hydrogens is 351 g/mol. The molecule has 1 amide bonds. The summed E-state index contributed by atoms with van der Waals surface area (Å²) in [6.07, 6.45) is 1.47. The minimum absolute atomic E-state index is 0.0601. The molecule has 0 spiro atoms. The molecule has 27 heavy (non-hydrogen) atoms. The molecule has 1 atom stereocenters. The zero-order chi connectivity index (χ0) is 19.1. The van der Waals surface area contributed by atoms with Crippen molar-refractivity contribution < 1.29 is 18.4 Å². The number of nitrogens with zero attached hydrogens (tertiary/aromatic N) is 3. The Morgan fingerprint density at radius 1 is 1.33 bits per heavy atom. The molecule has 0 saturated carbocycles. The molecule has 146 valence electrons. The van der Waals surface area contributed by atoms with Crippen LogP contribution in [0, 0.1) is 5.82 Å². The fourth-order valence-corrected chi connectivity index (χ4v) is 2.95. The fourth-order valence-electron chi connectivity index (χ4n) is 2.95. The molecule has 1 fully saturated rings. The van der Waals surface area contributed by atoms with Crippen LogP contribution >= 0.6 is 0 Å². The van der Waals surface area contributed by atoms with Gasteiger partial charge in [-0.25, -0.2) is 4.39 Å². The first-order chi connectivity index (χ1) is 13.1. The maximum absolute atomic E-state index is 13.8. The number of carbonyl (C=O) groups excluding carboxylic acids is 1. The second-order valence-corrected chi connectivity index (χ2v) is 6.70. The third kappa shape index (κ3) is 5.83. The van der Waals surface area contributed by atoms with E-state index in [1.165, 1.54) is 6.07 Å².